The van der Waals surface area contributed by atoms with Crippen molar-refractivity contribution in [1.82, 2.24) is 4.57 Å². The molecule has 45 heavy (non-hydrogen) atoms. The summed E-state index contributed by atoms with van der Waals surface area (Å²) in [5.74, 6) is 1.85. The van der Waals surface area contributed by atoms with Crippen molar-refractivity contribution in [1.29, 1.82) is 0 Å². The molecule has 0 atom stereocenters. The number of nitrogens with zero attached hydrogens (tertiary/aromatic N) is 2. The summed E-state index contributed by atoms with van der Waals surface area (Å²) in [5, 5.41) is 2.55. The summed E-state index contributed by atoms with van der Waals surface area (Å²) >= 11 is 0. The Bertz CT molecular complexity index is 2310. The van der Waals surface area contributed by atoms with Gasteiger partial charge in [0.05, 0.1) is 16.7 Å². The van der Waals surface area contributed by atoms with Gasteiger partial charge in [0.2, 0.25) is 0 Å². The van der Waals surface area contributed by atoms with Crippen LogP contribution in [0.1, 0.15) is 27.8 Å². The predicted octanol–water partition coefficient (Wildman–Crippen LogP) is 8.73. The van der Waals surface area contributed by atoms with Crippen molar-refractivity contribution in [2.45, 2.75) is 34.6 Å². The van der Waals surface area contributed by atoms with Crippen LogP contribution in [0.15, 0.2) is 109 Å². The summed E-state index contributed by atoms with van der Waals surface area (Å²) < 4.78 is 9.31. The van der Waals surface area contributed by atoms with E-state index in [-0.39, 0.29) is 6.71 Å². The standard InChI is InChI=1S/C41H33BN2O/c1-24-6-12-29(13-7-24)43-37-16-10-27(4)20-33(37)42-34-21-28(5)11-17-39(34)45-40-23-30(22-38(43)41(40)42)44-35-14-8-25(2)18-31(35)32-19-26(3)9-15-36(32)44/h6-23H,1-5H3. The Hall–Kier alpha value is -5.22. The van der Waals surface area contributed by atoms with Gasteiger partial charge < -0.3 is 14.2 Å². The van der Waals surface area contributed by atoms with Gasteiger partial charge in [0, 0.05) is 33.9 Å². The van der Waals surface area contributed by atoms with E-state index in [1.165, 1.54) is 71.7 Å². The number of benzene rings is 6. The number of hydrogen-bond donors (Lipinski definition) is 0. The van der Waals surface area contributed by atoms with Gasteiger partial charge in [-0.2, -0.15) is 0 Å². The van der Waals surface area contributed by atoms with E-state index in [1.54, 1.807) is 0 Å². The number of rotatable bonds is 2. The molecule has 4 heteroatoms. The molecule has 0 aliphatic carbocycles. The molecule has 1 aromatic heterocycles. The van der Waals surface area contributed by atoms with Crippen molar-refractivity contribution in [3.8, 4) is 17.2 Å². The third-order valence-electron chi connectivity index (χ3n) is 9.69. The fourth-order valence-corrected chi connectivity index (χ4v) is 7.61. The molecule has 216 valence electrons. The van der Waals surface area contributed by atoms with Crippen LogP contribution in [0, 0.1) is 34.6 Å². The summed E-state index contributed by atoms with van der Waals surface area (Å²) in [5.41, 5.74) is 17.1. The zero-order valence-electron chi connectivity index (χ0n) is 26.3. The first-order valence-electron chi connectivity index (χ1n) is 15.8. The van der Waals surface area contributed by atoms with Crippen LogP contribution in [0.4, 0.5) is 17.1 Å². The van der Waals surface area contributed by atoms with E-state index < -0.39 is 0 Å². The Balaban J connectivity index is 1.40. The van der Waals surface area contributed by atoms with Gasteiger partial charge in [-0.25, -0.2) is 0 Å². The van der Waals surface area contributed by atoms with Gasteiger partial charge >= 0.3 is 0 Å². The summed E-state index contributed by atoms with van der Waals surface area (Å²) in [6.07, 6.45) is 0. The molecule has 0 N–H and O–H groups in total. The quantitative estimate of drug-likeness (QED) is 0.190. The van der Waals surface area contributed by atoms with Crippen LogP contribution >= 0.6 is 0 Å². The lowest BCUT2D eigenvalue weighted by Crippen LogP contribution is -2.59. The van der Waals surface area contributed by atoms with Crippen molar-refractivity contribution < 1.29 is 4.74 Å². The third kappa shape index (κ3) is 3.85. The number of anilines is 3. The molecule has 0 amide bonds. The fraction of sp³-hybridized carbons (Fsp3) is 0.122. The van der Waals surface area contributed by atoms with Gasteiger partial charge in [0.25, 0.3) is 6.71 Å². The molecule has 0 radical (unpaired) electrons. The topological polar surface area (TPSA) is 17.4 Å². The number of aromatic nitrogens is 1. The van der Waals surface area contributed by atoms with E-state index in [4.69, 9.17) is 4.74 Å². The van der Waals surface area contributed by atoms with E-state index in [9.17, 15) is 0 Å². The zero-order chi connectivity index (χ0) is 30.6. The number of ether oxygens (including phenoxy) is 1. The van der Waals surface area contributed by atoms with E-state index in [1.807, 2.05) is 0 Å². The zero-order valence-corrected chi connectivity index (χ0v) is 26.3. The van der Waals surface area contributed by atoms with Crippen LogP contribution in [0.3, 0.4) is 0 Å². The van der Waals surface area contributed by atoms with E-state index >= 15 is 0 Å². The average Bonchev–Trinajstić information content (AvgIpc) is 3.34. The Morgan fingerprint density at radius 2 is 1.04 bits per heavy atom. The molecule has 6 aromatic carbocycles. The Kier molecular flexibility index (Phi) is 5.47. The summed E-state index contributed by atoms with van der Waals surface area (Å²) in [7, 11) is 0. The van der Waals surface area contributed by atoms with Crippen LogP contribution in [0.5, 0.6) is 11.5 Å². The van der Waals surface area contributed by atoms with Gasteiger partial charge in [0.15, 0.2) is 0 Å². The largest absolute Gasteiger partial charge is 0.458 e. The summed E-state index contributed by atoms with van der Waals surface area (Å²) in [6, 6.07) is 40.7. The van der Waals surface area contributed by atoms with Crippen LogP contribution < -0.4 is 26.0 Å². The van der Waals surface area contributed by atoms with E-state index in [2.05, 4.69) is 153 Å². The van der Waals surface area contributed by atoms with Gasteiger partial charge in [-0.15, -0.1) is 0 Å². The highest BCUT2D eigenvalue weighted by Crippen LogP contribution is 2.43. The SMILES string of the molecule is Cc1ccc(N2c3ccc(C)cc3B3c4cc(C)ccc4Oc4cc(-n5c6ccc(C)cc6c6cc(C)ccc65)cc2c43)cc1. The minimum absolute atomic E-state index is 0.0766. The lowest BCUT2D eigenvalue weighted by Gasteiger charge is -2.40. The summed E-state index contributed by atoms with van der Waals surface area (Å²) in [6.45, 7) is 10.9. The first-order valence-corrected chi connectivity index (χ1v) is 15.8. The predicted molar refractivity (Wildman–Crippen MR) is 190 cm³/mol. The smallest absolute Gasteiger partial charge is 0.256 e. The van der Waals surface area contributed by atoms with E-state index in [0.717, 1.165) is 28.6 Å². The molecule has 3 heterocycles. The normalized spacial score (nSPS) is 13.1. The number of hydrogen-bond acceptors (Lipinski definition) is 2. The molecule has 2 aliphatic heterocycles. The molecular weight excluding hydrogens is 547 g/mol. The van der Waals surface area contributed by atoms with Crippen molar-refractivity contribution in [2.24, 2.45) is 0 Å². The highest BCUT2D eigenvalue weighted by atomic mass is 16.5. The molecule has 7 aromatic rings. The fourth-order valence-electron chi connectivity index (χ4n) is 7.61. The Morgan fingerprint density at radius 1 is 0.467 bits per heavy atom. The molecule has 0 bridgehead atoms. The third-order valence-corrected chi connectivity index (χ3v) is 9.69. The molecular formula is C41H33BN2O. The maximum atomic E-state index is 6.89. The van der Waals surface area contributed by atoms with Crippen molar-refractivity contribution in [3.63, 3.8) is 0 Å². The molecule has 0 saturated carbocycles. The van der Waals surface area contributed by atoms with Crippen molar-refractivity contribution in [2.75, 3.05) is 4.90 Å². The maximum Gasteiger partial charge on any atom is 0.256 e. The van der Waals surface area contributed by atoms with Crippen molar-refractivity contribution >= 4 is 62.0 Å². The van der Waals surface area contributed by atoms with Crippen molar-refractivity contribution in [3.05, 3.63) is 137 Å². The molecule has 0 unspecified atom stereocenters. The van der Waals surface area contributed by atoms with Gasteiger partial charge in [0.1, 0.15) is 11.5 Å². The Labute approximate surface area is 264 Å². The monoisotopic (exact) mass is 580 g/mol. The second-order valence-electron chi connectivity index (χ2n) is 13.1. The van der Waals surface area contributed by atoms with Crippen LogP contribution in [-0.2, 0) is 0 Å². The van der Waals surface area contributed by atoms with E-state index in [0.29, 0.717) is 0 Å². The highest BCUT2D eigenvalue weighted by Gasteiger charge is 2.42. The summed E-state index contributed by atoms with van der Waals surface area (Å²) in [4.78, 5) is 2.44. The molecule has 0 fully saturated rings. The van der Waals surface area contributed by atoms with Crippen LogP contribution in [0.2, 0.25) is 0 Å². The molecule has 3 nitrogen and oxygen atoms in total. The van der Waals surface area contributed by atoms with Gasteiger partial charge in [-0.3, -0.25) is 0 Å². The molecule has 9 rings (SSSR count). The minimum Gasteiger partial charge on any atom is -0.458 e. The molecule has 0 spiro atoms. The lowest BCUT2D eigenvalue weighted by atomic mass is 9.34. The maximum absolute atomic E-state index is 6.89. The highest BCUT2D eigenvalue weighted by molar-refractivity contribution is 6.99. The second kappa shape index (κ2) is 9.39. The van der Waals surface area contributed by atoms with Gasteiger partial charge in [-0.1, -0.05) is 76.3 Å². The first-order chi connectivity index (χ1) is 21.8. The van der Waals surface area contributed by atoms with Crippen LogP contribution in [-0.4, -0.2) is 11.3 Å². The lowest BCUT2D eigenvalue weighted by molar-refractivity contribution is 0.487. The second-order valence-corrected chi connectivity index (χ2v) is 13.1. The minimum atomic E-state index is 0.0766. The molecule has 2 aliphatic rings. The average molecular weight is 581 g/mol. The number of aryl methyl sites for hydroxylation is 5. The Morgan fingerprint density at radius 3 is 1.73 bits per heavy atom. The first kappa shape index (κ1) is 26.2. The van der Waals surface area contributed by atoms with Crippen LogP contribution in [0.25, 0.3) is 27.5 Å². The van der Waals surface area contributed by atoms with Gasteiger partial charge in [-0.05, 0) is 106 Å². The molecule has 0 saturated heterocycles. The number of fused-ring (bicyclic) bond motifs is 7.